The van der Waals surface area contributed by atoms with E-state index in [1.807, 2.05) is 6.92 Å². The normalized spacial score (nSPS) is 16.8. The molecule has 1 aliphatic rings. The van der Waals surface area contributed by atoms with Crippen LogP contribution < -0.4 is 10.6 Å². The molecule has 2 N–H and O–H groups in total. The molecule has 1 aromatic carbocycles. The summed E-state index contributed by atoms with van der Waals surface area (Å²) in [7, 11) is 1.72. The number of halogens is 3. The van der Waals surface area contributed by atoms with Crippen molar-refractivity contribution in [2.45, 2.75) is 13.1 Å². The van der Waals surface area contributed by atoms with Crippen molar-refractivity contribution in [1.29, 1.82) is 0 Å². The molecule has 30 heavy (non-hydrogen) atoms. The van der Waals surface area contributed by atoms with E-state index in [1.165, 1.54) is 12.1 Å². The van der Waals surface area contributed by atoms with Gasteiger partial charge in [-0.15, -0.1) is 0 Å². The summed E-state index contributed by atoms with van der Waals surface area (Å²) in [4.78, 5) is 17.3. The molecule has 9 heteroatoms. The van der Waals surface area contributed by atoms with Crippen LogP contribution in [-0.4, -0.2) is 60.9 Å². The van der Waals surface area contributed by atoms with Crippen molar-refractivity contribution >= 4 is 12.0 Å². The Morgan fingerprint density at radius 3 is 2.30 bits per heavy atom. The first-order valence-electron chi connectivity index (χ1n) is 9.63. The number of nitrogens with zero attached hydrogens (tertiary/aromatic N) is 5. The Morgan fingerprint density at radius 2 is 1.73 bits per heavy atom. The monoisotopic (exact) mass is 418 g/mol. The molecule has 1 fully saturated rings. The number of piperazine rings is 1. The molecule has 1 aliphatic heterocycles. The number of anilines is 1. The standard InChI is InChI=1S/C21H25F3N6/c1-15(25)17(13-26-2)14-29-9-11-30(12-10-29)20-19(27-7-8-28-20)16-3-5-18(6-4-16)21(22,23)24/h3-8,13H,9-12,14,25H2,1-2H3. The molecule has 0 bridgehead atoms. The zero-order valence-electron chi connectivity index (χ0n) is 17.0. The van der Waals surface area contributed by atoms with Gasteiger partial charge < -0.3 is 10.6 Å². The Bertz CT molecular complexity index is 909. The van der Waals surface area contributed by atoms with Crippen LogP contribution in [0, 0.1) is 0 Å². The molecule has 6 nitrogen and oxygen atoms in total. The number of alkyl halides is 3. The van der Waals surface area contributed by atoms with Gasteiger partial charge in [-0.1, -0.05) is 12.1 Å². The highest BCUT2D eigenvalue weighted by molar-refractivity contribution is 5.79. The van der Waals surface area contributed by atoms with Gasteiger partial charge in [0.05, 0.1) is 5.56 Å². The number of aliphatic imine (C=N–C) groups is 1. The van der Waals surface area contributed by atoms with E-state index in [4.69, 9.17) is 5.73 Å². The number of hydrogen-bond donors (Lipinski definition) is 1. The summed E-state index contributed by atoms with van der Waals surface area (Å²) in [6.07, 6.45) is 0.578. The lowest BCUT2D eigenvalue weighted by atomic mass is 10.1. The fraction of sp³-hybridized carbons (Fsp3) is 0.381. The third-order valence-electron chi connectivity index (χ3n) is 5.02. The average molecular weight is 418 g/mol. The zero-order valence-corrected chi connectivity index (χ0v) is 17.0. The lowest BCUT2D eigenvalue weighted by Crippen LogP contribution is -2.47. The largest absolute Gasteiger partial charge is 0.416 e. The minimum absolute atomic E-state index is 0.580. The van der Waals surface area contributed by atoms with Gasteiger partial charge in [0.25, 0.3) is 0 Å². The third-order valence-corrected chi connectivity index (χ3v) is 5.02. The summed E-state index contributed by atoms with van der Waals surface area (Å²) in [5.74, 6) is 0.679. The topological polar surface area (TPSA) is 70.6 Å². The van der Waals surface area contributed by atoms with Gasteiger partial charge in [0.15, 0.2) is 5.82 Å². The molecule has 1 saturated heterocycles. The first-order valence-corrected chi connectivity index (χ1v) is 9.63. The van der Waals surface area contributed by atoms with Gasteiger partial charge in [-0.2, -0.15) is 13.2 Å². The van der Waals surface area contributed by atoms with E-state index in [0.717, 1.165) is 56.1 Å². The Morgan fingerprint density at radius 1 is 1.10 bits per heavy atom. The molecule has 1 aromatic heterocycles. The van der Waals surface area contributed by atoms with Gasteiger partial charge in [0.1, 0.15) is 5.69 Å². The van der Waals surface area contributed by atoms with Crippen LogP contribution in [0.4, 0.5) is 19.0 Å². The summed E-state index contributed by atoms with van der Waals surface area (Å²) >= 11 is 0. The number of aromatic nitrogens is 2. The van der Waals surface area contributed by atoms with Gasteiger partial charge in [-0.05, 0) is 19.1 Å². The molecule has 0 unspecified atom stereocenters. The van der Waals surface area contributed by atoms with Crippen molar-refractivity contribution in [1.82, 2.24) is 14.9 Å². The average Bonchev–Trinajstić information content (AvgIpc) is 2.73. The Kier molecular flexibility index (Phi) is 6.71. The number of rotatable bonds is 5. The Labute approximate surface area is 173 Å². The summed E-state index contributed by atoms with van der Waals surface area (Å²) < 4.78 is 38.6. The highest BCUT2D eigenvalue weighted by atomic mass is 19.4. The molecule has 3 rings (SSSR count). The van der Waals surface area contributed by atoms with E-state index in [-0.39, 0.29) is 0 Å². The highest BCUT2D eigenvalue weighted by Crippen LogP contribution is 2.32. The molecular formula is C21H25F3N6. The SMILES string of the molecule is CN=CC(CN1CCN(c2nccnc2-c2ccc(C(F)(F)F)cc2)CC1)=C(C)N. The summed E-state index contributed by atoms with van der Waals surface area (Å²) in [6.45, 7) is 5.65. The lowest BCUT2D eigenvalue weighted by Gasteiger charge is -2.36. The first-order chi connectivity index (χ1) is 14.3. The third kappa shape index (κ3) is 5.15. The minimum Gasteiger partial charge on any atom is -0.402 e. The van der Waals surface area contributed by atoms with E-state index in [2.05, 4.69) is 24.8 Å². The van der Waals surface area contributed by atoms with E-state index in [0.29, 0.717) is 17.1 Å². The van der Waals surface area contributed by atoms with E-state index >= 15 is 0 Å². The molecule has 2 heterocycles. The second-order valence-corrected chi connectivity index (χ2v) is 7.16. The summed E-state index contributed by atoms with van der Waals surface area (Å²) in [5.41, 5.74) is 8.20. The van der Waals surface area contributed by atoms with Crippen LogP contribution in [0.5, 0.6) is 0 Å². The van der Waals surface area contributed by atoms with Gasteiger partial charge in [0.2, 0.25) is 0 Å². The van der Waals surface area contributed by atoms with Crippen LogP contribution in [0.15, 0.2) is 52.9 Å². The molecule has 0 aliphatic carbocycles. The minimum atomic E-state index is -4.36. The molecule has 0 atom stereocenters. The second-order valence-electron chi connectivity index (χ2n) is 7.16. The predicted molar refractivity (Wildman–Crippen MR) is 112 cm³/mol. The van der Waals surface area contributed by atoms with Crippen molar-refractivity contribution < 1.29 is 13.2 Å². The summed E-state index contributed by atoms with van der Waals surface area (Å²) in [5, 5.41) is 0. The molecule has 0 radical (unpaired) electrons. The molecule has 0 spiro atoms. The van der Waals surface area contributed by atoms with Crippen molar-refractivity contribution in [2.24, 2.45) is 10.7 Å². The van der Waals surface area contributed by atoms with E-state index in [1.54, 1.807) is 25.7 Å². The molecule has 2 aromatic rings. The van der Waals surface area contributed by atoms with Crippen LogP contribution in [0.1, 0.15) is 12.5 Å². The van der Waals surface area contributed by atoms with Gasteiger partial charge in [-0.25, -0.2) is 4.98 Å². The number of hydrogen-bond acceptors (Lipinski definition) is 6. The smallest absolute Gasteiger partial charge is 0.402 e. The van der Waals surface area contributed by atoms with E-state index in [9.17, 15) is 13.2 Å². The Balaban J connectivity index is 1.74. The number of allylic oxidation sites excluding steroid dienone is 1. The highest BCUT2D eigenvalue weighted by Gasteiger charge is 2.30. The summed E-state index contributed by atoms with van der Waals surface area (Å²) in [6, 6.07) is 5.03. The van der Waals surface area contributed by atoms with Gasteiger partial charge in [0, 0.05) is 75.2 Å². The van der Waals surface area contributed by atoms with Crippen molar-refractivity contribution in [3.8, 4) is 11.3 Å². The molecule has 0 saturated carbocycles. The molecule has 160 valence electrons. The van der Waals surface area contributed by atoms with Crippen LogP contribution in [0.3, 0.4) is 0 Å². The molecular weight excluding hydrogens is 393 g/mol. The maximum absolute atomic E-state index is 12.9. The maximum Gasteiger partial charge on any atom is 0.416 e. The van der Waals surface area contributed by atoms with Crippen LogP contribution in [-0.2, 0) is 6.18 Å². The second kappa shape index (κ2) is 9.25. The van der Waals surface area contributed by atoms with Crippen LogP contribution >= 0.6 is 0 Å². The van der Waals surface area contributed by atoms with E-state index < -0.39 is 11.7 Å². The quantitative estimate of drug-likeness (QED) is 0.755. The maximum atomic E-state index is 12.9. The lowest BCUT2D eigenvalue weighted by molar-refractivity contribution is -0.137. The predicted octanol–water partition coefficient (Wildman–Crippen LogP) is 3.22. The van der Waals surface area contributed by atoms with Crippen molar-refractivity contribution in [2.75, 3.05) is 44.7 Å². The van der Waals surface area contributed by atoms with Crippen molar-refractivity contribution in [3.63, 3.8) is 0 Å². The Hall–Kier alpha value is -2.94. The zero-order chi connectivity index (χ0) is 21.7. The van der Waals surface area contributed by atoms with Gasteiger partial charge in [-0.3, -0.25) is 14.9 Å². The van der Waals surface area contributed by atoms with Crippen LogP contribution in [0.25, 0.3) is 11.3 Å². The fourth-order valence-corrected chi connectivity index (χ4v) is 3.36. The number of nitrogens with two attached hydrogens (primary N) is 1. The number of benzene rings is 1. The van der Waals surface area contributed by atoms with Crippen LogP contribution in [0.2, 0.25) is 0 Å². The van der Waals surface area contributed by atoms with Crippen molar-refractivity contribution in [3.05, 3.63) is 53.5 Å². The van der Waals surface area contributed by atoms with Gasteiger partial charge >= 0.3 is 6.18 Å². The first kappa shape index (κ1) is 21.8. The molecule has 0 amide bonds. The fourth-order valence-electron chi connectivity index (χ4n) is 3.36.